The third kappa shape index (κ3) is 4.27. The molecule has 0 unspecified atom stereocenters. The van der Waals surface area contributed by atoms with Crippen LogP contribution in [0.5, 0.6) is 0 Å². The first-order valence-corrected chi connectivity index (χ1v) is 9.54. The van der Waals surface area contributed by atoms with Gasteiger partial charge in [0.1, 0.15) is 21.9 Å². The number of aromatic nitrogens is 2. The lowest BCUT2D eigenvalue weighted by molar-refractivity contribution is 0.0697. The number of carbonyl (C=O) groups is 1. The van der Waals surface area contributed by atoms with Gasteiger partial charge in [-0.1, -0.05) is 12.1 Å². The molecule has 0 fully saturated rings. The molecule has 2 aromatic carbocycles. The average Bonchev–Trinajstić information content (AvgIpc) is 2.66. The maximum absolute atomic E-state index is 13.9. The van der Waals surface area contributed by atoms with E-state index in [4.69, 9.17) is 0 Å². The number of nitrogens with zero attached hydrogens (tertiary/aromatic N) is 2. The van der Waals surface area contributed by atoms with E-state index in [9.17, 15) is 23.5 Å². The number of benzene rings is 2. The second-order valence-electron chi connectivity index (χ2n) is 6.60. The van der Waals surface area contributed by atoms with E-state index in [1.54, 1.807) is 19.9 Å². The van der Waals surface area contributed by atoms with Crippen molar-refractivity contribution in [3.05, 3.63) is 91.1 Å². The van der Waals surface area contributed by atoms with Gasteiger partial charge in [0, 0.05) is 6.07 Å². The normalized spacial score (nSPS) is 10.9. The molecule has 5 nitrogen and oxygen atoms in total. The van der Waals surface area contributed by atoms with Gasteiger partial charge < -0.3 is 5.11 Å². The summed E-state index contributed by atoms with van der Waals surface area (Å²) < 4.78 is 28.5. The van der Waals surface area contributed by atoms with Crippen LogP contribution in [0.2, 0.25) is 0 Å². The zero-order valence-corrected chi connectivity index (χ0v) is 17.3. The van der Waals surface area contributed by atoms with Gasteiger partial charge in [0.25, 0.3) is 5.56 Å². The number of halogens is 3. The topological polar surface area (TPSA) is 72.2 Å². The van der Waals surface area contributed by atoms with Gasteiger partial charge in [-0.3, -0.25) is 9.36 Å². The first-order chi connectivity index (χ1) is 13.7. The van der Waals surface area contributed by atoms with Crippen LogP contribution in [0, 0.1) is 25.5 Å². The Hall–Kier alpha value is -2.87. The first kappa shape index (κ1) is 20.9. The lowest BCUT2D eigenvalue weighted by atomic mass is 10.1. The van der Waals surface area contributed by atoms with Crippen molar-refractivity contribution in [1.29, 1.82) is 0 Å². The summed E-state index contributed by atoms with van der Waals surface area (Å²) in [6, 6.07) is 7.89. The van der Waals surface area contributed by atoms with Gasteiger partial charge in [-0.05, 0) is 71.9 Å². The Morgan fingerprint density at radius 1 is 1.14 bits per heavy atom. The standard InChI is InChI=1S/C21H17BrF2N2O3/c1-11-3-4-14(21(28)29)9-18(11)26-12(2)25-17(19(22)20(26)27)8-6-13-5-7-15(23)10-16(13)24/h3-5,7,9-10H,6,8H2,1-2H3,(H,28,29). The summed E-state index contributed by atoms with van der Waals surface area (Å²) in [5.41, 5.74) is 1.58. The molecule has 0 aliphatic heterocycles. The van der Waals surface area contributed by atoms with E-state index in [0.29, 0.717) is 22.8 Å². The fraction of sp³-hybridized carbons (Fsp3) is 0.190. The van der Waals surface area contributed by atoms with Crippen LogP contribution < -0.4 is 5.56 Å². The molecule has 0 aliphatic rings. The van der Waals surface area contributed by atoms with Crippen molar-refractivity contribution < 1.29 is 18.7 Å². The van der Waals surface area contributed by atoms with Crippen LogP contribution in [-0.4, -0.2) is 20.6 Å². The lowest BCUT2D eigenvalue weighted by Crippen LogP contribution is -2.25. The summed E-state index contributed by atoms with van der Waals surface area (Å²) in [6.45, 7) is 3.41. The van der Waals surface area contributed by atoms with Crippen LogP contribution in [0.1, 0.15) is 33.0 Å². The minimum absolute atomic E-state index is 0.0592. The Balaban J connectivity index is 2.00. The highest BCUT2D eigenvalue weighted by atomic mass is 79.9. The van der Waals surface area contributed by atoms with Crippen LogP contribution in [0.15, 0.2) is 45.7 Å². The second kappa shape index (κ2) is 8.24. The van der Waals surface area contributed by atoms with Gasteiger partial charge in [-0.15, -0.1) is 0 Å². The number of aryl methyl sites for hydroxylation is 4. The summed E-state index contributed by atoms with van der Waals surface area (Å²) >= 11 is 3.27. The molecule has 0 bridgehead atoms. The van der Waals surface area contributed by atoms with Gasteiger partial charge in [-0.2, -0.15) is 0 Å². The number of rotatable bonds is 5. The molecule has 0 atom stereocenters. The van der Waals surface area contributed by atoms with Crippen molar-refractivity contribution in [3.8, 4) is 5.69 Å². The molecular formula is C21H17BrF2N2O3. The van der Waals surface area contributed by atoms with Gasteiger partial charge in [-0.25, -0.2) is 18.6 Å². The Labute approximate surface area is 173 Å². The quantitative estimate of drug-likeness (QED) is 0.610. The third-order valence-electron chi connectivity index (χ3n) is 4.61. The monoisotopic (exact) mass is 462 g/mol. The van der Waals surface area contributed by atoms with E-state index in [2.05, 4.69) is 20.9 Å². The molecular weight excluding hydrogens is 446 g/mol. The minimum Gasteiger partial charge on any atom is -0.478 e. The van der Waals surface area contributed by atoms with E-state index in [-0.39, 0.29) is 22.9 Å². The molecule has 0 saturated heterocycles. The smallest absolute Gasteiger partial charge is 0.335 e. The summed E-state index contributed by atoms with van der Waals surface area (Å²) in [6.07, 6.45) is 0.516. The average molecular weight is 463 g/mol. The fourth-order valence-corrected chi connectivity index (χ4v) is 3.54. The molecule has 3 aromatic rings. The van der Waals surface area contributed by atoms with Crippen molar-refractivity contribution in [2.75, 3.05) is 0 Å². The molecule has 1 aromatic heterocycles. The van der Waals surface area contributed by atoms with E-state index < -0.39 is 23.2 Å². The zero-order chi connectivity index (χ0) is 21.3. The molecule has 8 heteroatoms. The van der Waals surface area contributed by atoms with Crippen LogP contribution >= 0.6 is 15.9 Å². The summed E-state index contributed by atoms with van der Waals surface area (Å²) in [7, 11) is 0. The number of carboxylic acids is 1. The van der Waals surface area contributed by atoms with Crippen LogP contribution in [0.25, 0.3) is 5.69 Å². The summed E-state index contributed by atoms with van der Waals surface area (Å²) in [5.74, 6) is -2.02. The van der Waals surface area contributed by atoms with E-state index in [1.165, 1.54) is 28.8 Å². The highest BCUT2D eigenvalue weighted by Gasteiger charge is 2.17. The van der Waals surface area contributed by atoms with Crippen molar-refractivity contribution >= 4 is 21.9 Å². The Morgan fingerprint density at radius 3 is 2.52 bits per heavy atom. The number of carboxylic acid groups (broad SMARTS) is 1. The van der Waals surface area contributed by atoms with E-state index in [1.807, 2.05) is 0 Å². The maximum atomic E-state index is 13.9. The van der Waals surface area contributed by atoms with Crippen LogP contribution in [-0.2, 0) is 12.8 Å². The second-order valence-corrected chi connectivity index (χ2v) is 7.40. The highest BCUT2D eigenvalue weighted by molar-refractivity contribution is 9.10. The summed E-state index contributed by atoms with van der Waals surface area (Å²) in [5, 5.41) is 9.24. The Kier molecular flexibility index (Phi) is 5.93. The first-order valence-electron chi connectivity index (χ1n) is 8.75. The number of hydrogen-bond acceptors (Lipinski definition) is 3. The Morgan fingerprint density at radius 2 is 1.86 bits per heavy atom. The highest BCUT2D eigenvalue weighted by Crippen LogP contribution is 2.20. The predicted octanol–water partition coefficient (Wildman–Crippen LogP) is 4.37. The van der Waals surface area contributed by atoms with Gasteiger partial charge >= 0.3 is 5.97 Å². The van der Waals surface area contributed by atoms with E-state index in [0.717, 1.165) is 11.6 Å². The fourth-order valence-electron chi connectivity index (χ4n) is 3.07. The molecule has 0 saturated carbocycles. The van der Waals surface area contributed by atoms with Crippen molar-refractivity contribution in [3.63, 3.8) is 0 Å². The van der Waals surface area contributed by atoms with Crippen molar-refractivity contribution in [2.24, 2.45) is 0 Å². The SMILES string of the molecule is Cc1ccc(C(=O)O)cc1-n1c(C)nc(CCc2ccc(F)cc2F)c(Br)c1=O. The van der Waals surface area contributed by atoms with Gasteiger partial charge in [0.2, 0.25) is 0 Å². The minimum atomic E-state index is -1.10. The molecule has 150 valence electrons. The van der Waals surface area contributed by atoms with E-state index >= 15 is 0 Å². The third-order valence-corrected chi connectivity index (χ3v) is 5.40. The molecule has 0 amide bonds. The lowest BCUT2D eigenvalue weighted by Gasteiger charge is -2.15. The largest absolute Gasteiger partial charge is 0.478 e. The predicted molar refractivity (Wildman–Crippen MR) is 108 cm³/mol. The van der Waals surface area contributed by atoms with Crippen LogP contribution in [0.4, 0.5) is 8.78 Å². The zero-order valence-electron chi connectivity index (χ0n) is 15.7. The molecule has 0 spiro atoms. The molecule has 29 heavy (non-hydrogen) atoms. The number of aromatic carboxylic acids is 1. The molecule has 3 rings (SSSR count). The number of hydrogen-bond donors (Lipinski definition) is 1. The molecule has 0 aliphatic carbocycles. The maximum Gasteiger partial charge on any atom is 0.335 e. The molecule has 1 N–H and O–H groups in total. The van der Waals surface area contributed by atoms with Gasteiger partial charge in [0.15, 0.2) is 0 Å². The summed E-state index contributed by atoms with van der Waals surface area (Å²) in [4.78, 5) is 28.7. The van der Waals surface area contributed by atoms with Crippen molar-refractivity contribution in [2.45, 2.75) is 26.7 Å². The van der Waals surface area contributed by atoms with Gasteiger partial charge in [0.05, 0.1) is 16.9 Å². The van der Waals surface area contributed by atoms with Crippen LogP contribution in [0.3, 0.4) is 0 Å². The molecule has 1 heterocycles. The Bertz CT molecular complexity index is 1180. The van der Waals surface area contributed by atoms with Crippen molar-refractivity contribution in [1.82, 2.24) is 9.55 Å². The molecule has 0 radical (unpaired) electrons.